The molecule has 0 saturated heterocycles. The summed E-state index contributed by atoms with van der Waals surface area (Å²) in [5.41, 5.74) is 3.20. The van der Waals surface area contributed by atoms with E-state index in [0.717, 1.165) is 17.3 Å². The number of halogens is 2. The standard InChI is InChI=1S/C25H20ClFN4O2/c1-28-25(33)21-14-19(11-12-22(21)27)29-23(32)13-17-15-31(20-5-3-2-4-6-20)30-24(17)16-7-9-18(26)10-8-16/h2-12,14-15H,13H2,1H3,(H,28,33)(H,29,32). The van der Waals surface area contributed by atoms with E-state index in [9.17, 15) is 14.0 Å². The van der Waals surface area contributed by atoms with Gasteiger partial charge in [0.05, 0.1) is 23.4 Å². The monoisotopic (exact) mass is 462 g/mol. The first kappa shape index (κ1) is 22.2. The van der Waals surface area contributed by atoms with Crippen molar-refractivity contribution >= 4 is 29.1 Å². The van der Waals surface area contributed by atoms with Crippen LogP contribution in [-0.4, -0.2) is 28.6 Å². The molecule has 6 nitrogen and oxygen atoms in total. The Hall–Kier alpha value is -3.97. The van der Waals surface area contributed by atoms with E-state index in [1.807, 2.05) is 42.5 Å². The van der Waals surface area contributed by atoms with Crippen LogP contribution in [0.25, 0.3) is 16.9 Å². The van der Waals surface area contributed by atoms with Crippen LogP contribution in [-0.2, 0) is 11.2 Å². The van der Waals surface area contributed by atoms with Crippen molar-refractivity contribution in [1.82, 2.24) is 15.1 Å². The Bertz CT molecular complexity index is 1300. The van der Waals surface area contributed by atoms with Gasteiger partial charge >= 0.3 is 0 Å². The molecule has 1 heterocycles. The van der Waals surface area contributed by atoms with Crippen LogP contribution in [0.4, 0.5) is 10.1 Å². The molecule has 0 saturated carbocycles. The van der Waals surface area contributed by atoms with E-state index in [2.05, 4.69) is 10.6 Å². The highest BCUT2D eigenvalue weighted by Crippen LogP contribution is 2.26. The topological polar surface area (TPSA) is 76.0 Å². The first-order valence-corrected chi connectivity index (χ1v) is 10.5. The third-order valence-corrected chi connectivity index (χ3v) is 5.25. The van der Waals surface area contributed by atoms with Gasteiger partial charge in [-0.05, 0) is 42.5 Å². The number of para-hydroxylation sites is 1. The minimum absolute atomic E-state index is 0.0253. The minimum atomic E-state index is -0.665. The van der Waals surface area contributed by atoms with Gasteiger partial charge in [0.1, 0.15) is 5.82 Å². The fraction of sp³-hybridized carbons (Fsp3) is 0.0800. The summed E-state index contributed by atoms with van der Waals surface area (Å²) >= 11 is 6.03. The van der Waals surface area contributed by atoms with Gasteiger partial charge in [-0.3, -0.25) is 9.59 Å². The van der Waals surface area contributed by atoms with Gasteiger partial charge in [-0.15, -0.1) is 0 Å². The average molecular weight is 463 g/mol. The summed E-state index contributed by atoms with van der Waals surface area (Å²) < 4.78 is 15.6. The third-order valence-electron chi connectivity index (χ3n) is 5.00. The quantitative estimate of drug-likeness (QED) is 0.429. The van der Waals surface area contributed by atoms with Crippen LogP contribution in [0.5, 0.6) is 0 Å². The zero-order valence-electron chi connectivity index (χ0n) is 17.7. The number of hydrogen-bond donors (Lipinski definition) is 2. The maximum atomic E-state index is 13.9. The molecule has 0 radical (unpaired) electrons. The number of rotatable bonds is 6. The lowest BCUT2D eigenvalue weighted by atomic mass is 10.1. The fourth-order valence-electron chi connectivity index (χ4n) is 3.39. The van der Waals surface area contributed by atoms with Crippen LogP contribution in [0.15, 0.2) is 79.0 Å². The molecule has 0 bridgehead atoms. The van der Waals surface area contributed by atoms with Crippen molar-refractivity contribution in [3.05, 3.63) is 101 Å². The number of aromatic nitrogens is 2. The lowest BCUT2D eigenvalue weighted by Crippen LogP contribution is -2.20. The second kappa shape index (κ2) is 9.67. The highest BCUT2D eigenvalue weighted by atomic mass is 35.5. The Balaban J connectivity index is 1.63. The predicted molar refractivity (Wildman–Crippen MR) is 126 cm³/mol. The number of nitrogens with zero attached hydrogens (tertiary/aromatic N) is 2. The molecule has 33 heavy (non-hydrogen) atoms. The molecule has 4 aromatic rings. The van der Waals surface area contributed by atoms with E-state index in [1.165, 1.54) is 19.2 Å². The van der Waals surface area contributed by atoms with Crippen LogP contribution in [0.1, 0.15) is 15.9 Å². The van der Waals surface area contributed by atoms with Gasteiger partial charge in [-0.2, -0.15) is 5.10 Å². The largest absolute Gasteiger partial charge is 0.355 e. The van der Waals surface area contributed by atoms with Crippen LogP contribution >= 0.6 is 11.6 Å². The summed E-state index contributed by atoms with van der Waals surface area (Å²) in [5.74, 6) is -1.56. The van der Waals surface area contributed by atoms with Crippen molar-refractivity contribution in [3.8, 4) is 16.9 Å². The zero-order valence-corrected chi connectivity index (χ0v) is 18.4. The number of hydrogen-bond acceptors (Lipinski definition) is 3. The van der Waals surface area contributed by atoms with Gasteiger partial charge in [0, 0.05) is 35.1 Å². The number of benzene rings is 3. The highest BCUT2D eigenvalue weighted by molar-refractivity contribution is 6.30. The van der Waals surface area contributed by atoms with Crippen molar-refractivity contribution < 1.29 is 14.0 Å². The molecule has 0 spiro atoms. The Labute approximate surface area is 195 Å². The Kier molecular flexibility index (Phi) is 6.51. The van der Waals surface area contributed by atoms with Gasteiger partial charge in [0.2, 0.25) is 5.91 Å². The summed E-state index contributed by atoms with van der Waals surface area (Å²) in [7, 11) is 1.41. The number of anilines is 1. The smallest absolute Gasteiger partial charge is 0.254 e. The second-order valence-corrected chi connectivity index (χ2v) is 7.73. The molecule has 0 aliphatic rings. The van der Waals surface area contributed by atoms with Gasteiger partial charge in [0.25, 0.3) is 5.91 Å². The second-order valence-electron chi connectivity index (χ2n) is 7.29. The first-order chi connectivity index (χ1) is 15.9. The van der Waals surface area contributed by atoms with Crippen LogP contribution < -0.4 is 10.6 Å². The van der Waals surface area contributed by atoms with Gasteiger partial charge in [-0.25, -0.2) is 9.07 Å². The first-order valence-electron chi connectivity index (χ1n) is 10.2. The number of carbonyl (C=O) groups is 2. The molecule has 2 amide bonds. The number of nitrogens with one attached hydrogen (secondary N) is 2. The SMILES string of the molecule is CNC(=O)c1cc(NC(=O)Cc2cn(-c3ccccc3)nc2-c2ccc(Cl)cc2)ccc1F. The third kappa shape index (κ3) is 5.10. The van der Waals surface area contributed by atoms with Crippen molar-refractivity contribution in [2.45, 2.75) is 6.42 Å². The van der Waals surface area contributed by atoms with E-state index in [-0.39, 0.29) is 17.9 Å². The summed E-state index contributed by atoms with van der Waals surface area (Å²) in [4.78, 5) is 24.7. The molecule has 4 rings (SSSR count). The molecule has 1 aromatic heterocycles. The molecule has 166 valence electrons. The molecule has 0 aliphatic carbocycles. The molecule has 2 N–H and O–H groups in total. The average Bonchev–Trinajstić information content (AvgIpc) is 3.24. The van der Waals surface area contributed by atoms with Crippen molar-refractivity contribution in [3.63, 3.8) is 0 Å². The summed E-state index contributed by atoms with van der Waals surface area (Å²) in [6, 6.07) is 20.6. The van der Waals surface area contributed by atoms with Crippen molar-refractivity contribution in [1.29, 1.82) is 0 Å². The van der Waals surface area contributed by atoms with E-state index >= 15 is 0 Å². The molecule has 3 aromatic carbocycles. The summed E-state index contributed by atoms with van der Waals surface area (Å²) in [6.45, 7) is 0. The maximum Gasteiger partial charge on any atom is 0.254 e. The highest BCUT2D eigenvalue weighted by Gasteiger charge is 2.17. The van der Waals surface area contributed by atoms with E-state index in [0.29, 0.717) is 22.0 Å². The Morgan fingerprint density at radius 3 is 2.45 bits per heavy atom. The lowest BCUT2D eigenvalue weighted by Gasteiger charge is -2.08. The van der Waals surface area contributed by atoms with Crippen LogP contribution in [0.3, 0.4) is 0 Å². The van der Waals surface area contributed by atoms with Crippen LogP contribution in [0.2, 0.25) is 5.02 Å². The molecule has 0 unspecified atom stereocenters. The Morgan fingerprint density at radius 1 is 1.03 bits per heavy atom. The van der Waals surface area contributed by atoms with Gasteiger partial charge in [0.15, 0.2) is 0 Å². The molecular formula is C25H20ClFN4O2. The normalized spacial score (nSPS) is 10.6. The Morgan fingerprint density at radius 2 is 1.76 bits per heavy atom. The van der Waals surface area contributed by atoms with Crippen LogP contribution in [0, 0.1) is 5.82 Å². The van der Waals surface area contributed by atoms with E-state index in [4.69, 9.17) is 16.7 Å². The minimum Gasteiger partial charge on any atom is -0.355 e. The van der Waals surface area contributed by atoms with Crippen molar-refractivity contribution in [2.24, 2.45) is 0 Å². The predicted octanol–water partition coefficient (Wildman–Crippen LogP) is 4.87. The fourth-order valence-corrected chi connectivity index (χ4v) is 3.52. The lowest BCUT2D eigenvalue weighted by molar-refractivity contribution is -0.115. The molecular weight excluding hydrogens is 443 g/mol. The van der Waals surface area contributed by atoms with Crippen molar-refractivity contribution in [2.75, 3.05) is 12.4 Å². The van der Waals surface area contributed by atoms with E-state index < -0.39 is 11.7 Å². The number of amides is 2. The molecule has 0 fully saturated rings. The maximum absolute atomic E-state index is 13.9. The number of carbonyl (C=O) groups excluding carboxylic acids is 2. The summed E-state index contributed by atoms with van der Waals surface area (Å²) in [6.07, 6.45) is 1.83. The van der Waals surface area contributed by atoms with Gasteiger partial charge < -0.3 is 10.6 Å². The summed E-state index contributed by atoms with van der Waals surface area (Å²) in [5, 5.41) is 10.4. The molecule has 8 heteroatoms. The van der Waals surface area contributed by atoms with E-state index in [1.54, 1.807) is 23.0 Å². The molecule has 0 aliphatic heterocycles. The molecule has 0 atom stereocenters. The van der Waals surface area contributed by atoms with Gasteiger partial charge in [-0.1, -0.05) is 41.9 Å². The zero-order chi connectivity index (χ0) is 23.4.